The van der Waals surface area contributed by atoms with Gasteiger partial charge in [0.15, 0.2) is 5.84 Å². The predicted octanol–water partition coefficient (Wildman–Crippen LogP) is 4.22. The van der Waals surface area contributed by atoms with Crippen molar-refractivity contribution >= 4 is 53.5 Å². The van der Waals surface area contributed by atoms with Crippen LogP contribution in [0.4, 0.5) is 18.2 Å². The van der Waals surface area contributed by atoms with Crippen LogP contribution in [0.5, 0.6) is 0 Å². The van der Waals surface area contributed by atoms with Gasteiger partial charge in [-0.15, -0.1) is 15.7 Å². The summed E-state index contributed by atoms with van der Waals surface area (Å²) in [7, 11) is -4.46. The minimum Gasteiger partial charge on any atom is -0.256 e. The Balaban J connectivity index is 1.87. The van der Waals surface area contributed by atoms with Crippen LogP contribution in [0.25, 0.3) is 10.1 Å². The van der Waals surface area contributed by atoms with E-state index in [1.54, 1.807) is 31.2 Å². The molecule has 3 aromatic rings. The topological polar surface area (TPSA) is 88.1 Å². The SMILES string of the molecule is Cc1c(N(CCC(F)(F)F)S(=O)(=O)c2ccccc2C2=NS(=O)ON2)sc2ccccc12. The lowest BCUT2D eigenvalue weighted by Crippen LogP contribution is -2.35. The van der Waals surface area contributed by atoms with E-state index in [1.807, 2.05) is 0 Å². The third-order valence-electron chi connectivity index (χ3n) is 4.73. The molecule has 2 heterocycles. The van der Waals surface area contributed by atoms with Crippen LogP contribution in [-0.2, 0) is 25.6 Å². The van der Waals surface area contributed by atoms with Crippen LogP contribution in [0.3, 0.4) is 0 Å². The maximum atomic E-state index is 13.7. The molecule has 4 rings (SSSR count). The highest BCUT2D eigenvalue weighted by Crippen LogP contribution is 2.41. The molecule has 1 aliphatic heterocycles. The molecule has 170 valence electrons. The van der Waals surface area contributed by atoms with Gasteiger partial charge in [0.25, 0.3) is 10.0 Å². The number of thiophene rings is 1. The Labute approximate surface area is 188 Å². The van der Waals surface area contributed by atoms with Crippen molar-refractivity contribution in [3.05, 3.63) is 59.7 Å². The maximum absolute atomic E-state index is 13.7. The van der Waals surface area contributed by atoms with Crippen molar-refractivity contribution in [2.75, 3.05) is 10.8 Å². The Hall–Kier alpha value is -2.48. The van der Waals surface area contributed by atoms with E-state index >= 15 is 0 Å². The molecule has 0 saturated carbocycles. The number of hydrogen-bond acceptors (Lipinski definition) is 6. The zero-order valence-corrected chi connectivity index (χ0v) is 18.9. The average molecular weight is 504 g/mol. The first-order valence-electron chi connectivity index (χ1n) is 9.19. The van der Waals surface area contributed by atoms with Crippen LogP contribution in [0.2, 0.25) is 0 Å². The second-order valence-electron chi connectivity index (χ2n) is 6.81. The van der Waals surface area contributed by atoms with E-state index in [0.29, 0.717) is 5.56 Å². The predicted molar refractivity (Wildman–Crippen MR) is 117 cm³/mol. The van der Waals surface area contributed by atoms with Crippen LogP contribution in [0.15, 0.2) is 57.8 Å². The highest BCUT2D eigenvalue weighted by molar-refractivity contribution is 7.93. The van der Waals surface area contributed by atoms with E-state index in [9.17, 15) is 25.8 Å². The van der Waals surface area contributed by atoms with Gasteiger partial charge in [0.2, 0.25) is 0 Å². The summed E-state index contributed by atoms with van der Waals surface area (Å²) in [4.78, 5) is -0.284. The van der Waals surface area contributed by atoms with Crippen LogP contribution in [0.1, 0.15) is 17.5 Å². The van der Waals surface area contributed by atoms with E-state index in [-0.39, 0.29) is 21.3 Å². The van der Waals surface area contributed by atoms with E-state index < -0.39 is 40.4 Å². The quantitative estimate of drug-likeness (QED) is 0.544. The lowest BCUT2D eigenvalue weighted by atomic mass is 10.2. The standard InChI is InChI=1S/C19H16F3N3O4S3/c1-12-13-6-2-4-8-15(13)30-18(12)25(11-10-19(20,21)22)32(27,28)16-9-5-3-7-14(16)17-23-29-31(26)24-17/h2-9H,10-11H2,1H3,(H,23,24). The molecule has 1 unspecified atom stereocenters. The Morgan fingerprint density at radius 2 is 1.84 bits per heavy atom. The number of alkyl halides is 3. The Bertz CT molecular complexity index is 1340. The van der Waals surface area contributed by atoms with Crippen molar-refractivity contribution in [1.29, 1.82) is 0 Å². The molecule has 0 bridgehead atoms. The van der Waals surface area contributed by atoms with Gasteiger partial charge in [-0.25, -0.2) is 18.1 Å². The number of nitrogens with zero attached hydrogens (tertiary/aromatic N) is 2. The van der Waals surface area contributed by atoms with Crippen molar-refractivity contribution in [2.45, 2.75) is 24.4 Å². The number of anilines is 1. The number of hydrogen-bond donors (Lipinski definition) is 1. The fourth-order valence-electron chi connectivity index (χ4n) is 3.26. The van der Waals surface area contributed by atoms with Crippen LogP contribution in [0, 0.1) is 6.92 Å². The number of amidine groups is 1. The van der Waals surface area contributed by atoms with Crippen molar-refractivity contribution < 1.29 is 30.1 Å². The molecule has 0 aliphatic carbocycles. The Morgan fingerprint density at radius 3 is 2.50 bits per heavy atom. The summed E-state index contributed by atoms with van der Waals surface area (Å²) in [6.07, 6.45) is -5.88. The van der Waals surface area contributed by atoms with Gasteiger partial charge in [-0.1, -0.05) is 30.3 Å². The first-order chi connectivity index (χ1) is 15.1. The average Bonchev–Trinajstić information content (AvgIpc) is 3.31. The second-order valence-corrected chi connectivity index (χ2v) is 10.5. The highest BCUT2D eigenvalue weighted by Gasteiger charge is 2.36. The van der Waals surface area contributed by atoms with Gasteiger partial charge in [-0.05, 0) is 36.1 Å². The van der Waals surface area contributed by atoms with Gasteiger partial charge in [-0.2, -0.15) is 17.5 Å². The summed E-state index contributed by atoms with van der Waals surface area (Å²) < 4.78 is 88.0. The molecule has 0 radical (unpaired) electrons. The lowest BCUT2D eigenvalue weighted by Gasteiger charge is -2.25. The van der Waals surface area contributed by atoms with Gasteiger partial charge >= 0.3 is 17.4 Å². The summed E-state index contributed by atoms with van der Waals surface area (Å²) in [6.45, 7) is 0.881. The van der Waals surface area contributed by atoms with Gasteiger partial charge < -0.3 is 0 Å². The van der Waals surface area contributed by atoms with E-state index in [4.69, 9.17) is 0 Å². The minimum absolute atomic E-state index is 0.0362. The summed E-state index contributed by atoms with van der Waals surface area (Å²) >= 11 is -0.940. The number of benzene rings is 2. The fourth-order valence-corrected chi connectivity index (χ4v) is 6.89. The molecule has 1 aromatic heterocycles. The molecule has 2 aromatic carbocycles. The first-order valence-corrected chi connectivity index (χ1v) is 12.5. The molecule has 0 spiro atoms. The summed E-state index contributed by atoms with van der Waals surface area (Å²) in [5.41, 5.74) is 2.89. The number of aryl methyl sites for hydroxylation is 1. The van der Waals surface area contributed by atoms with Crippen molar-refractivity contribution in [3.8, 4) is 0 Å². The van der Waals surface area contributed by atoms with Crippen LogP contribution < -0.4 is 9.79 Å². The van der Waals surface area contributed by atoms with E-state index in [2.05, 4.69) is 14.2 Å². The number of hydroxylamine groups is 1. The molecular formula is C19H16F3N3O4S3. The number of fused-ring (bicyclic) bond motifs is 1. The smallest absolute Gasteiger partial charge is 0.256 e. The minimum atomic E-state index is -4.56. The molecule has 32 heavy (non-hydrogen) atoms. The second kappa shape index (κ2) is 8.46. The van der Waals surface area contributed by atoms with E-state index in [0.717, 1.165) is 25.7 Å². The zero-order chi connectivity index (χ0) is 23.1. The number of rotatable bonds is 6. The highest BCUT2D eigenvalue weighted by atomic mass is 32.2. The monoisotopic (exact) mass is 503 g/mol. The lowest BCUT2D eigenvalue weighted by molar-refractivity contribution is -0.131. The molecule has 1 atom stereocenters. The molecule has 1 N–H and O–H groups in total. The fraction of sp³-hybridized carbons (Fsp3) is 0.211. The van der Waals surface area contributed by atoms with Crippen LogP contribution in [-0.4, -0.2) is 31.2 Å². The van der Waals surface area contributed by atoms with E-state index in [1.165, 1.54) is 24.3 Å². The Morgan fingerprint density at radius 1 is 1.16 bits per heavy atom. The number of nitrogens with one attached hydrogen (secondary N) is 1. The third kappa shape index (κ3) is 4.37. The molecule has 1 aliphatic rings. The summed E-state index contributed by atoms with van der Waals surface area (Å²) in [5.74, 6) is -0.0913. The van der Waals surface area contributed by atoms with Gasteiger partial charge in [0.1, 0.15) is 5.00 Å². The maximum Gasteiger partial charge on any atom is 0.390 e. The molecule has 7 nitrogen and oxygen atoms in total. The number of halogens is 3. The van der Waals surface area contributed by atoms with Gasteiger partial charge in [-0.3, -0.25) is 4.31 Å². The number of sulfonamides is 1. The van der Waals surface area contributed by atoms with Crippen LogP contribution >= 0.6 is 11.3 Å². The van der Waals surface area contributed by atoms with Gasteiger partial charge in [0.05, 0.1) is 11.3 Å². The Kier molecular flexibility index (Phi) is 6.00. The first kappa shape index (κ1) is 22.7. The van der Waals surface area contributed by atoms with Crippen molar-refractivity contribution in [2.24, 2.45) is 4.40 Å². The summed E-state index contributed by atoms with van der Waals surface area (Å²) in [5, 5.41) is 0.963. The molecule has 0 saturated heterocycles. The molecular weight excluding hydrogens is 487 g/mol. The molecule has 0 amide bonds. The van der Waals surface area contributed by atoms with Crippen molar-refractivity contribution in [3.63, 3.8) is 0 Å². The largest absolute Gasteiger partial charge is 0.390 e. The third-order valence-corrected chi connectivity index (χ3v) is 8.56. The normalized spacial score (nSPS) is 16.8. The molecule has 13 heteroatoms. The molecule has 0 fully saturated rings. The summed E-state index contributed by atoms with van der Waals surface area (Å²) in [6, 6.07) is 12.8. The zero-order valence-electron chi connectivity index (χ0n) is 16.4. The van der Waals surface area contributed by atoms with Gasteiger partial charge in [0, 0.05) is 16.8 Å². The van der Waals surface area contributed by atoms with Crippen molar-refractivity contribution in [1.82, 2.24) is 5.48 Å².